The molecule has 1 aromatic carbocycles. The topological polar surface area (TPSA) is 61.6 Å². The molecular formula is C15H16ClNO4. The third-order valence-corrected chi connectivity index (χ3v) is 3.12. The van der Waals surface area contributed by atoms with Gasteiger partial charge in [0, 0.05) is 10.6 Å². The van der Waals surface area contributed by atoms with Gasteiger partial charge in [-0.15, -0.1) is 0 Å². The lowest BCUT2D eigenvalue weighted by atomic mass is 10.1. The first-order valence-electron chi connectivity index (χ1n) is 6.64. The zero-order chi connectivity index (χ0) is 15.4. The van der Waals surface area contributed by atoms with Crippen LogP contribution in [0.1, 0.15) is 29.9 Å². The van der Waals surface area contributed by atoms with E-state index in [2.05, 4.69) is 5.16 Å². The number of rotatable bonds is 5. The number of carbonyl (C=O) groups is 1. The van der Waals surface area contributed by atoms with E-state index >= 15 is 0 Å². The fraction of sp³-hybridized carbons (Fsp3) is 0.333. The van der Waals surface area contributed by atoms with Gasteiger partial charge in [-0.3, -0.25) is 0 Å². The molecule has 0 bridgehead atoms. The summed E-state index contributed by atoms with van der Waals surface area (Å²) in [5.41, 5.74) is 1.47. The van der Waals surface area contributed by atoms with Crippen molar-refractivity contribution in [3.63, 3.8) is 0 Å². The van der Waals surface area contributed by atoms with Crippen molar-refractivity contribution in [2.45, 2.75) is 20.8 Å². The predicted molar refractivity (Wildman–Crippen MR) is 78.8 cm³/mol. The van der Waals surface area contributed by atoms with Crippen LogP contribution in [0.2, 0.25) is 5.02 Å². The van der Waals surface area contributed by atoms with E-state index in [9.17, 15) is 4.79 Å². The molecule has 1 heterocycles. The number of carbonyl (C=O) groups excluding carboxylic acids is 1. The van der Waals surface area contributed by atoms with Gasteiger partial charge in [-0.25, -0.2) is 4.79 Å². The summed E-state index contributed by atoms with van der Waals surface area (Å²) in [4.78, 5) is 11.8. The molecule has 0 saturated carbocycles. The molecule has 0 saturated heterocycles. The van der Waals surface area contributed by atoms with Crippen LogP contribution in [-0.2, 0) is 4.74 Å². The molecule has 0 fully saturated rings. The van der Waals surface area contributed by atoms with E-state index in [1.165, 1.54) is 0 Å². The number of hydrogen-bond donors (Lipinski definition) is 0. The van der Waals surface area contributed by atoms with E-state index in [1.807, 2.05) is 6.92 Å². The summed E-state index contributed by atoms with van der Waals surface area (Å²) in [5, 5.41) is 4.36. The number of halogens is 1. The Balaban J connectivity index is 2.46. The SMILES string of the molecule is CCOC(=O)c1noc(-c2ccc(Cl)cc2OCC)c1C. The van der Waals surface area contributed by atoms with Gasteiger partial charge in [0.1, 0.15) is 5.75 Å². The van der Waals surface area contributed by atoms with E-state index in [0.717, 1.165) is 0 Å². The van der Waals surface area contributed by atoms with Crippen LogP contribution in [0.25, 0.3) is 11.3 Å². The van der Waals surface area contributed by atoms with Crippen LogP contribution < -0.4 is 4.74 Å². The number of benzene rings is 1. The maximum Gasteiger partial charge on any atom is 0.360 e. The molecule has 0 aliphatic carbocycles. The fourth-order valence-corrected chi connectivity index (χ4v) is 2.10. The van der Waals surface area contributed by atoms with Crippen LogP contribution in [0.4, 0.5) is 0 Å². The molecule has 0 radical (unpaired) electrons. The number of hydrogen-bond acceptors (Lipinski definition) is 5. The van der Waals surface area contributed by atoms with Gasteiger partial charge in [0.15, 0.2) is 11.5 Å². The second-order valence-corrected chi connectivity index (χ2v) is 4.72. The molecule has 0 aliphatic rings. The molecular weight excluding hydrogens is 294 g/mol. The molecule has 0 amide bonds. The van der Waals surface area contributed by atoms with Gasteiger partial charge in [0.25, 0.3) is 0 Å². The summed E-state index contributed by atoms with van der Waals surface area (Å²) in [6.07, 6.45) is 0. The van der Waals surface area contributed by atoms with E-state index in [-0.39, 0.29) is 12.3 Å². The highest BCUT2D eigenvalue weighted by molar-refractivity contribution is 6.30. The summed E-state index contributed by atoms with van der Waals surface area (Å²) < 4.78 is 15.8. The Morgan fingerprint density at radius 2 is 2.10 bits per heavy atom. The van der Waals surface area contributed by atoms with Crippen LogP contribution in [0.15, 0.2) is 22.7 Å². The Labute approximate surface area is 127 Å². The molecule has 2 rings (SSSR count). The number of ether oxygens (including phenoxy) is 2. The lowest BCUT2D eigenvalue weighted by molar-refractivity contribution is 0.0514. The van der Waals surface area contributed by atoms with Gasteiger partial charge in [0.05, 0.1) is 18.8 Å². The lowest BCUT2D eigenvalue weighted by Gasteiger charge is -2.08. The quantitative estimate of drug-likeness (QED) is 0.784. The summed E-state index contributed by atoms with van der Waals surface area (Å²) in [5.74, 6) is 0.551. The average Bonchev–Trinajstić information content (AvgIpc) is 2.82. The number of aromatic nitrogens is 1. The van der Waals surface area contributed by atoms with Gasteiger partial charge >= 0.3 is 5.97 Å². The van der Waals surface area contributed by atoms with Crippen LogP contribution in [0.3, 0.4) is 0 Å². The van der Waals surface area contributed by atoms with Gasteiger partial charge in [-0.1, -0.05) is 16.8 Å². The van der Waals surface area contributed by atoms with Crippen molar-refractivity contribution in [2.75, 3.05) is 13.2 Å². The van der Waals surface area contributed by atoms with Crippen molar-refractivity contribution in [1.29, 1.82) is 0 Å². The summed E-state index contributed by atoms with van der Waals surface area (Å²) >= 11 is 5.98. The predicted octanol–water partition coefficient (Wildman–Crippen LogP) is 3.88. The van der Waals surface area contributed by atoms with Gasteiger partial charge in [0.2, 0.25) is 0 Å². The van der Waals surface area contributed by atoms with Gasteiger partial charge < -0.3 is 14.0 Å². The van der Waals surface area contributed by atoms with E-state index < -0.39 is 5.97 Å². The monoisotopic (exact) mass is 309 g/mol. The highest BCUT2D eigenvalue weighted by atomic mass is 35.5. The first-order chi connectivity index (χ1) is 10.1. The summed E-state index contributed by atoms with van der Waals surface area (Å²) in [6.45, 7) is 6.14. The Morgan fingerprint density at radius 3 is 2.76 bits per heavy atom. The third kappa shape index (κ3) is 3.19. The molecule has 5 nitrogen and oxygen atoms in total. The maximum atomic E-state index is 11.8. The normalized spacial score (nSPS) is 10.5. The van der Waals surface area contributed by atoms with Crippen LogP contribution in [-0.4, -0.2) is 24.3 Å². The Morgan fingerprint density at radius 1 is 1.33 bits per heavy atom. The summed E-state index contributed by atoms with van der Waals surface area (Å²) in [7, 11) is 0. The van der Waals surface area contributed by atoms with Crippen molar-refractivity contribution in [3.05, 3.63) is 34.5 Å². The van der Waals surface area contributed by atoms with Crippen molar-refractivity contribution >= 4 is 17.6 Å². The first-order valence-corrected chi connectivity index (χ1v) is 7.02. The van der Waals surface area contributed by atoms with Crippen LogP contribution >= 0.6 is 11.6 Å². The standard InChI is InChI=1S/C15H16ClNO4/c1-4-19-12-8-10(16)6-7-11(12)14-9(3)13(17-21-14)15(18)20-5-2/h6-8H,4-5H2,1-3H3. The second-order valence-electron chi connectivity index (χ2n) is 4.28. The average molecular weight is 310 g/mol. The van der Waals surface area contributed by atoms with Crippen LogP contribution in [0.5, 0.6) is 5.75 Å². The Bertz CT molecular complexity index is 651. The molecule has 1 aromatic heterocycles. The molecule has 0 spiro atoms. The van der Waals surface area contributed by atoms with Crippen molar-refractivity contribution in [2.24, 2.45) is 0 Å². The minimum Gasteiger partial charge on any atom is -0.493 e. The molecule has 2 aromatic rings. The zero-order valence-electron chi connectivity index (χ0n) is 12.1. The number of nitrogens with zero attached hydrogens (tertiary/aromatic N) is 1. The summed E-state index contributed by atoms with van der Waals surface area (Å²) in [6, 6.07) is 5.20. The van der Waals surface area contributed by atoms with Gasteiger partial charge in [-0.2, -0.15) is 0 Å². The van der Waals surface area contributed by atoms with E-state index in [0.29, 0.717) is 34.3 Å². The zero-order valence-corrected chi connectivity index (χ0v) is 12.9. The van der Waals surface area contributed by atoms with Crippen molar-refractivity contribution < 1.29 is 18.8 Å². The Hall–Kier alpha value is -2.01. The molecule has 0 atom stereocenters. The third-order valence-electron chi connectivity index (χ3n) is 2.88. The highest BCUT2D eigenvalue weighted by Crippen LogP contribution is 2.35. The minimum atomic E-state index is -0.503. The molecule has 0 aliphatic heterocycles. The van der Waals surface area contributed by atoms with E-state index in [1.54, 1.807) is 32.0 Å². The van der Waals surface area contributed by atoms with E-state index in [4.69, 9.17) is 25.6 Å². The molecule has 6 heteroatoms. The second kappa shape index (κ2) is 6.63. The first kappa shape index (κ1) is 15.4. The van der Waals surface area contributed by atoms with Crippen molar-refractivity contribution in [1.82, 2.24) is 5.16 Å². The molecule has 0 unspecified atom stereocenters. The highest BCUT2D eigenvalue weighted by Gasteiger charge is 2.22. The smallest absolute Gasteiger partial charge is 0.360 e. The lowest BCUT2D eigenvalue weighted by Crippen LogP contribution is -2.06. The van der Waals surface area contributed by atoms with Gasteiger partial charge in [-0.05, 0) is 39.0 Å². The Kier molecular flexibility index (Phi) is 4.85. The minimum absolute atomic E-state index is 0.171. The number of esters is 1. The van der Waals surface area contributed by atoms with Crippen LogP contribution in [0, 0.1) is 6.92 Å². The largest absolute Gasteiger partial charge is 0.493 e. The van der Waals surface area contributed by atoms with Crippen molar-refractivity contribution in [3.8, 4) is 17.1 Å². The maximum absolute atomic E-state index is 11.8. The molecule has 112 valence electrons. The molecule has 0 N–H and O–H groups in total. The molecule has 21 heavy (non-hydrogen) atoms. The fourth-order valence-electron chi connectivity index (χ4n) is 1.94.